The van der Waals surface area contributed by atoms with E-state index >= 15 is 0 Å². The van der Waals surface area contributed by atoms with Crippen LogP contribution in [0.4, 0.5) is 0 Å². The second-order valence-corrected chi connectivity index (χ2v) is 6.33. The van der Waals surface area contributed by atoms with Crippen LogP contribution in [0.15, 0.2) is 28.8 Å². The predicted molar refractivity (Wildman–Crippen MR) is 93.0 cm³/mol. The van der Waals surface area contributed by atoms with Crippen molar-refractivity contribution < 1.29 is 14.1 Å². The molecule has 1 fully saturated rings. The highest BCUT2D eigenvalue weighted by atomic mass is 16.5. The topological polar surface area (TPSA) is 71.7 Å². The first kappa shape index (κ1) is 17.4. The van der Waals surface area contributed by atoms with Crippen LogP contribution in [-0.2, 0) is 11.3 Å². The first-order valence-corrected chi connectivity index (χ1v) is 8.59. The van der Waals surface area contributed by atoms with Gasteiger partial charge in [-0.25, -0.2) is 0 Å². The van der Waals surface area contributed by atoms with E-state index in [9.17, 15) is 4.79 Å². The lowest BCUT2D eigenvalue weighted by Crippen LogP contribution is -2.42. The van der Waals surface area contributed by atoms with Gasteiger partial charge < -0.3 is 14.2 Å². The Morgan fingerprint density at radius 3 is 2.80 bits per heavy atom. The minimum Gasteiger partial charge on any atom is -0.494 e. The Morgan fingerprint density at radius 1 is 1.36 bits per heavy atom. The molecule has 1 amide bonds. The van der Waals surface area contributed by atoms with E-state index in [1.807, 2.05) is 31.2 Å². The SMILES string of the molecule is CCOc1ccc(-c2noc(CN3CCC[C@H]3C(=O)N(C)C)n2)cc1. The molecule has 0 bridgehead atoms. The Balaban J connectivity index is 1.68. The molecule has 0 saturated carbocycles. The Morgan fingerprint density at radius 2 is 2.12 bits per heavy atom. The van der Waals surface area contributed by atoms with Crippen molar-refractivity contribution in [2.24, 2.45) is 0 Å². The van der Waals surface area contributed by atoms with Crippen LogP contribution in [0.2, 0.25) is 0 Å². The summed E-state index contributed by atoms with van der Waals surface area (Å²) in [6.07, 6.45) is 1.88. The highest BCUT2D eigenvalue weighted by Crippen LogP contribution is 2.23. The molecule has 2 heterocycles. The Kier molecular flexibility index (Phi) is 5.33. The van der Waals surface area contributed by atoms with Crippen LogP contribution < -0.4 is 4.74 Å². The molecular formula is C18H24N4O3. The molecule has 3 rings (SSSR count). The number of likely N-dealkylation sites (N-methyl/N-ethyl adjacent to an activating group) is 1. The zero-order chi connectivity index (χ0) is 17.8. The van der Waals surface area contributed by atoms with Gasteiger partial charge in [0.1, 0.15) is 5.75 Å². The van der Waals surface area contributed by atoms with E-state index in [-0.39, 0.29) is 11.9 Å². The van der Waals surface area contributed by atoms with Crippen LogP contribution in [0, 0.1) is 0 Å². The largest absolute Gasteiger partial charge is 0.494 e. The quantitative estimate of drug-likeness (QED) is 0.800. The lowest BCUT2D eigenvalue weighted by atomic mass is 10.2. The highest BCUT2D eigenvalue weighted by Gasteiger charge is 2.32. The average molecular weight is 344 g/mol. The maximum atomic E-state index is 12.3. The number of hydrogen-bond acceptors (Lipinski definition) is 6. The summed E-state index contributed by atoms with van der Waals surface area (Å²) in [7, 11) is 3.57. The molecule has 0 aliphatic carbocycles. The van der Waals surface area contributed by atoms with Gasteiger partial charge in [0.2, 0.25) is 17.6 Å². The molecule has 1 aromatic heterocycles. The Labute approximate surface area is 147 Å². The van der Waals surface area contributed by atoms with E-state index in [0.29, 0.717) is 24.9 Å². The summed E-state index contributed by atoms with van der Waals surface area (Å²) in [5.74, 6) is 2.02. The number of hydrogen-bond donors (Lipinski definition) is 0. The van der Waals surface area contributed by atoms with Crippen molar-refractivity contribution >= 4 is 5.91 Å². The molecule has 0 N–H and O–H groups in total. The van der Waals surface area contributed by atoms with E-state index in [4.69, 9.17) is 9.26 Å². The monoisotopic (exact) mass is 344 g/mol. The summed E-state index contributed by atoms with van der Waals surface area (Å²) < 4.78 is 10.8. The van der Waals surface area contributed by atoms with E-state index in [2.05, 4.69) is 15.0 Å². The van der Waals surface area contributed by atoms with Crippen LogP contribution in [0.3, 0.4) is 0 Å². The number of nitrogens with zero attached hydrogens (tertiary/aromatic N) is 4. The molecule has 0 unspecified atom stereocenters. The second-order valence-electron chi connectivity index (χ2n) is 6.33. The summed E-state index contributed by atoms with van der Waals surface area (Å²) in [6.45, 7) is 3.94. The highest BCUT2D eigenvalue weighted by molar-refractivity contribution is 5.81. The van der Waals surface area contributed by atoms with Gasteiger partial charge in [-0.15, -0.1) is 0 Å². The Bertz CT molecular complexity index is 711. The summed E-state index contributed by atoms with van der Waals surface area (Å²) in [5.41, 5.74) is 0.876. The van der Waals surface area contributed by atoms with Crippen molar-refractivity contribution in [2.45, 2.75) is 32.4 Å². The molecule has 1 saturated heterocycles. The third-order valence-corrected chi connectivity index (χ3v) is 4.32. The van der Waals surface area contributed by atoms with Gasteiger partial charge in [-0.3, -0.25) is 9.69 Å². The molecule has 1 aromatic carbocycles. The van der Waals surface area contributed by atoms with Gasteiger partial charge in [-0.05, 0) is 50.6 Å². The van der Waals surface area contributed by atoms with Crippen LogP contribution in [-0.4, -0.2) is 59.1 Å². The van der Waals surface area contributed by atoms with Crippen molar-refractivity contribution in [3.8, 4) is 17.1 Å². The fourth-order valence-electron chi connectivity index (χ4n) is 3.07. The molecule has 1 aliphatic heterocycles. The molecule has 7 heteroatoms. The maximum Gasteiger partial charge on any atom is 0.241 e. The molecule has 134 valence electrons. The molecular weight excluding hydrogens is 320 g/mol. The van der Waals surface area contributed by atoms with Crippen molar-refractivity contribution in [3.05, 3.63) is 30.2 Å². The van der Waals surface area contributed by atoms with E-state index in [1.165, 1.54) is 0 Å². The van der Waals surface area contributed by atoms with E-state index in [0.717, 1.165) is 30.7 Å². The van der Waals surface area contributed by atoms with E-state index in [1.54, 1.807) is 19.0 Å². The van der Waals surface area contributed by atoms with Gasteiger partial charge in [0, 0.05) is 19.7 Å². The van der Waals surface area contributed by atoms with Crippen LogP contribution in [0.1, 0.15) is 25.7 Å². The fraction of sp³-hybridized carbons (Fsp3) is 0.500. The fourth-order valence-corrected chi connectivity index (χ4v) is 3.07. The number of likely N-dealkylation sites (tertiary alicyclic amines) is 1. The molecule has 0 spiro atoms. The predicted octanol–water partition coefficient (Wildman–Crippen LogP) is 2.19. The molecule has 25 heavy (non-hydrogen) atoms. The lowest BCUT2D eigenvalue weighted by molar-refractivity contribution is -0.133. The third kappa shape index (κ3) is 3.99. The average Bonchev–Trinajstić information content (AvgIpc) is 3.25. The first-order valence-electron chi connectivity index (χ1n) is 8.59. The van der Waals surface area contributed by atoms with Crippen molar-refractivity contribution in [3.63, 3.8) is 0 Å². The molecule has 1 atom stereocenters. The van der Waals surface area contributed by atoms with Gasteiger partial charge in [-0.2, -0.15) is 4.98 Å². The molecule has 7 nitrogen and oxygen atoms in total. The minimum atomic E-state index is -0.101. The van der Waals surface area contributed by atoms with Gasteiger partial charge in [0.15, 0.2) is 0 Å². The number of benzene rings is 1. The number of rotatable bonds is 6. The number of carbonyl (C=O) groups is 1. The van der Waals surface area contributed by atoms with Gasteiger partial charge in [0.05, 0.1) is 19.2 Å². The summed E-state index contributed by atoms with van der Waals surface area (Å²) in [6, 6.07) is 7.50. The molecule has 0 radical (unpaired) electrons. The molecule has 2 aromatic rings. The third-order valence-electron chi connectivity index (χ3n) is 4.32. The van der Waals surface area contributed by atoms with Gasteiger partial charge in [0.25, 0.3) is 0 Å². The summed E-state index contributed by atoms with van der Waals surface area (Å²) in [5, 5.41) is 4.06. The Hall–Kier alpha value is -2.41. The number of aromatic nitrogens is 2. The van der Waals surface area contributed by atoms with Crippen molar-refractivity contribution in [1.29, 1.82) is 0 Å². The van der Waals surface area contributed by atoms with Crippen LogP contribution in [0.5, 0.6) is 5.75 Å². The smallest absolute Gasteiger partial charge is 0.241 e. The first-order chi connectivity index (χ1) is 12.1. The molecule has 1 aliphatic rings. The minimum absolute atomic E-state index is 0.101. The second kappa shape index (κ2) is 7.65. The van der Waals surface area contributed by atoms with Gasteiger partial charge in [-0.1, -0.05) is 5.16 Å². The maximum absolute atomic E-state index is 12.3. The van der Waals surface area contributed by atoms with E-state index < -0.39 is 0 Å². The zero-order valence-electron chi connectivity index (χ0n) is 14.9. The van der Waals surface area contributed by atoms with Gasteiger partial charge >= 0.3 is 0 Å². The summed E-state index contributed by atoms with van der Waals surface area (Å²) >= 11 is 0. The van der Waals surface area contributed by atoms with Crippen LogP contribution in [0.25, 0.3) is 11.4 Å². The number of ether oxygens (including phenoxy) is 1. The lowest BCUT2D eigenvalue weighted by Gasteiger charge is -2.24. The number of amides is 1. The standard InChI is InChI=1S/C18H24N4O3/c1-4-24-14-9-7-13(8-10-14)17-19-16(25-20-17)12-22-11-5-6-15(22)18(23)21(2)3/h7-10,15H,4-6,11-12H2,1-3H3/t15-/m0/s1. The van der Waals surface area contributed by atoms with Crippen molar-refractivity contribution in [2.75, 3.05) is 27.2 Å². The summed E-state index contributed by atoms with van der Waals surface area (Å²) in [4.78, 5) is 20.5. The number of carbonyl (C=O) groups excluding carboxylic acids is 1. The zero-order valence-corrected chi connectivity index (χ0v) is 14.9. The normalized spacial score (nSPS) is 17.6. The van der Waals surface area contributed by atoms with Crippen molar-refractivity contribution in [1.82, 2.24) is 19.9 Å². The van der Waals surface area contributed by atoms with Crippen LogP contribution >= 0.6 is 0 Å².